The van der Waals surface area contributed by atoms with Crippen molar-refractivity contribution in [1.29, 1.82) is 0 Å². The second-order valence-corrected chi connectivity index (χ2v) is 7.49. The van der Waals surface area contributed by atoms with E-state index in [9.17, 15) is 9.59 Å². The first-order valence-corrected chi connectivity index (χ1v) is 9.40. The zero-order chi connectivity index (χ0) is 19.3. The summed E-state index contributed by atoms with van der Waals surface area (Å²) in [6, 6.07) is 7.63. The fourth-order valence-corrected chi connectivity index (χ4v) is 3.12. The number of hydrogen-bond donors (Lipinski definition) is 1. The predicted octanol–water partition coefficient (Wildman–Crippen LogP) is 4.50. The molecule has 26 heavy (non-hydrogen) atoms. The third kappa shape index (κ3) is 5.05. The average Bonchev–Trinajstić information content (AvgIpc) is 3.07. The molecule has 0 saturated heterocycles. The Hall–Kier alpha value is -2.41. The Kier molecular flexibility index (Phi) is 6.74. The predicted molar refractivity (Wildman–Crippen MR) is 104 cm³/mol. The number of nitrogens with one attached hydrogen (secondary N) is 1. The lowest BCUT2D eigenvalue weighted by Crippen LogP contribution is -2.39. The van der Waals surface area contributed by atoms with Gasteiger partial charge in [0.1, 0.15) is 5.01 Å². The topological polar surface area (TPSA) is 71.5 Å². The third-order valence-corrected chi connectivity index (χ3v) is 4.80. The van der Waals surface area contributed by atoms with Crippen molar-refractivity contribution in [3.8, 4) is 0 Å². The number of rotatable bonds is 6. The standard InChI is InChI=1S/C19H25N3O3S/c1-12(2)14-6-8-15(9-7-14)20-19(24)22(13(3)4)10-17-21-16(11-26-17)18(23)25-5/h6-9,11-13H,10H2,1-5H3,(H,20,24). The third-order valence-electron chi connectivity index (χ3n) is 3.96. The molecule has 0 aliphatic carbocycles. The molecule has 0 atom stereocenters. The van der Waals surface area contributed by atoms with Crippen molar-refractivity contribution < 1.29 is 14.3 Å². The summed E-state index contributed by atoms with van der Waals surface area (Å²) in [5.41, 5.74) is 2.24. The van der Waals surface area contributed by atoms with E-state index in [4.69, 9.17) is 0 Å². The highest BCUT2D eigenvalue weighted by Gasteiger charge is 2.20. The van der Waals surface area contributed by atoms with E-state index in [0.29, 0.717) is 17.5 Å². The van der Waals surface area contributed by atoms with Gasteiger partial charge in [-0.05, 0) is 37.5 Å². The highest BCUT2D eigenvalue weighted by molar-refractivity contribution is 7.09. The summed E-state index contributed by atoms with van der Waals surface area (Å²) in [5.74, 6) is -0.0286. The molecule has 140 valence electrons. The molecular formula is C19H25N3O3S. The van der Waals surface area contributed by atoms with E-state index in [2.05, 4.69) is 28.9 Å². The first kappa shape index (κ1) is 19.9. The summed E-state index contributed by atoms with van der Waals surface area (Å²) in [5, 5.41) is 5.25. The van der Waals surface area contributed by atoms with Crippen LogP contribution in [0.5, 0.6) is 0 Å². The first-order chi connectivity index (χ1) is 12.3. The van der Waals surface area contributed by atoms with Gasteiger partial charge in [0.15, 0.2) is 5.69 Å². The SMILES string of the molecule is COC(=O)c1csc(CN(C(=O)Nc2ccc(C(C)C)cc2)C(C)C)n1. The van der Waals surface area contributed by atoms with Crippen LogP contribution >= 0.6 is 11.3 Å². The van der Waals surface area contributed by atoms with Crippen LogP contribution in [-0.4, -0.2) is 35.0 Å². The van der Waals surface area contributed by atoms with Gasteiger partial charge in [0.25, 0.3) is 0 Å². The minimum Gasteiger partial charge on any atom is -0.464 e. The Morgan fingerprint density at radius 2 is 1.85 bits per heavy atom. The van der Waals surface area contributed by atoms with E-state index in [1.54, 1.807) is 10.3 Å². The Balaban J connectivity index is 2.07. The Morgan fingerprint density at radius 3 is 2.38 bits per heavy atom. The molecule has 1 N–H and O–H groups in total. The summed E-state index contributed by atoms with van der Waals surface area (Å²) in [7, 11) is 1.32. The molecule has 0 unspecified atom stereocenters. The summed E-state index contributed by atoms with van der Waals surface area (Å²) in [4.78, 5) is 30.1. The molecule has 2 amide bonds. The van der Waals surface area contributed by atoms with Gasteiger partial charge in [-0.2, -0.15) is 0 Å². The van der Waals surface area contributed by atoms with Gasteiger partial charge in [-0.25, -0.2) is 14.6 Å². The summed E-state index contributed by atoms with van der Waals surface area (Å²) in [6.45, 7) is 8.47. The van der Waals surface area contributed by atoms with Crippen LogP contribution in [0.2, 0.25) is 0 Å². The number of thiazole rings is 1. The largest absolute Gasteiger partial charge is 0.464 e. The number of nitrogens with zero attached hydrogens (tertiary/aromatic N) is 2. The van der Waals surface area contributed by atoms with E-state index in [1.807, 2.05) is 38.1 Å². The minimum atomic E-state index is -0.474. The lowest BCUT2D eigenvalue weighted by atomic mass is 10.0. The number of ether oxygens (including phenoxy) is 1. The molecule has 6 nitrogen and oxygen atoms in total. The van der Waals surface area contributed by atoms with Gasteiger partial charge in [0.2, 0.25) is 0 Å². The van der Waals surface area contributed by atoms with E-state index in [-0.39, 0.29) is 17.8 Å². The normalized spacial score (nSPS) is 10.9. The number of aromatic nitrogens is 1. The second kappa shape index (κ2) is 8.80. The molecule has 0 saturated carbocycles. The van der Waals surface area contributed by atoms with Gasteiger partial charge >= 0.3 is 12.0 Å². The number of carbonyl (C=O) groups excluding carboxylic acids is 2. The molecule has 1 aromatic heterocycles. The van der Waals surface area contributed by atoms with Gasteiger partial charge < -0.3 is 15.0 Å². The molecule has 2 aromatic rings. The molecule has 0 aliphatic rings. The van der Waals surface area contributed by atoms with Crippen LogP contribution in [0, 0.1) is 0 Å². The number of carbonyl (C=O) groups is 2. The zero-order valence-corrected chi connectivity index (χ0v) is 16.6. The van der Waals surface area contributed by atoms with Crippen LogP contribution in [0.15, 0.2) is 29.6 Å². The lowest BCUT2D eigenvalue weighted by Gasteiger charge is -2.26. The quantitative estimate of drug-likeness (QED) is 0.755. The first-order valence-electron chi connectivity index (χ1n) is 8.52. The van der Waals surface area contributed by atoms with Gasteiger partial charge in [0.05, 0.1) is 13.7 Å². The lowest BCUT2D eigenvalue weighted by molar-refractivity contribution is 0.0594. The maximum Gasteiger partial charge on any atom is 0.357 e. The van der Waals surface area contributed by atoms with Crippen molar-refractivity contribution >= 4 is 29.0 Å². The van der Waals surface area contributed by atoms with Crippen molar-refractivity contribution in [2.24, 2.45) is 0 Å². The summed E-state index contributed by atoms with van der Waals surface area (Å²) < 4.78 is 4.67. The van der Waals surface area contributed by atoms with Crippen molar-refractivity contribution in [1.82, 2.24) is 9.88 Å². The van der Waals surface area contributed by atoms with Crippen LogP contribution in [0.3, 0.4) is 0 Å². The molecule has 1 aromatic carbocycles. The minimum absolute atomic E-state index is 0.0181. The van der Waals surface area contributed by atoms with Gasteiger partial charge in [-0.3, -0.25) is 0 Å². The van der Waals surface area contributed by atoms with Gasteiger partial charge in [0, 0.05) is 17.1 Å². The second-order valence-electron chi connectivity index (χ2n) is 6.55. The van der Waals surface area contributed by atoms with E-state index >= 15 is 0 Å². The maximum absolute atomic E-state index is 12.7. The van der Waals surface area contributed by atoms with Crippen molar-refractivity contribution in [3.63, 3.8) is 0 Å². The Labute approximate surface area is 158 Å². The molecule has 0 bridgehead atoms. The Bertz CT molecular complexity index is 754. The van der Waals surface area contributed by atoms with Gasteiger partial charge in [-0.15, -0.1) is 11.3 Å². The van der Waals surface area contributed by atoms with Crippen LogP contribution in [0.4, 0.5) is 10.5 Å². The molecule has 1 heterocycles. The number of benzene rings is 1. The summed E-state index contributed by atoms with van der Waals surface area (Å²) >= 11 is 1.33. The highest BCUT2D eigenvalue weighted by atomic mass is 32.1. The van der Waals surface area contributed by atoms with Crippen LogP contribution < -0.4 is 5.32 Å². The fourth-order valence-electron chi connectivity index (χ4n) is 2.36. The molecular weight excluding hydrogens is 350 g/mol. The van der Waals surface area contributed by atoms with E-state index in [1.165, 1.54) is 24.0 Å². The van der Waals surface area contributed by atoms with E-state index < -0.39 is 5.97 Å². The highest BCUT2D eigenvalue weighted by Crippen LogP contribution is 2.19. The number of amides is 2. The fraction of sp³-hybridized carbons (Fsp3) is 0.421. The number of esters is 1. The van der Waals surface area contributed by atoms with Crippen molar-refractivity contribution in [2.75, 3.05) is 12.4 Å². The Morgan fingerprint density at radius 1 is 1.19 bits per heavy atom. The average molecular weight is 375 g/mol. The van der Waals surface area contributed by atoms with Crippen molar-refractivity contribution in [2.45, 2.75) is 46.2 Å². The number of anilines is 1. The maximum atomic E-state index is 12.7. The molecule has 7 heteroatoms. The van der Waals surface area contributed by atoms with Crippen LogP contribution in [-0.2, 0) is 11.3 Å². The van der Waals surface area contributed by atoms with Crippen molar-refractivity contribution in [3.05, 3.63) is 45.9 Å². The smallest absolute Gasteiger partial charge is 0.357 e. The number of hydrogen-bond acceptors (Lipinski definition) is 5. The number of methoxy groups -OCH3 is 1. The van der Waals surface area contributed by atoms with Gasteiger partial charge in [-0.1, -0.05) is 26.0 Å². The molecule has 2 rings (SSSR count). The van der Waals surface area contributed by atoms with E-state index in [0.717, 1.165) is 5.69 Å². The molecule has 0 fully saturated rings. The zero-order valence-electron chi connectivity index (χ0n) is 15.8. The molecule has 0 spiro atoms. The molecule has 0 aliphatic heterocycles. The molecule has 0 radical (unpaired) electrons. The monoisotopic (exact) mass is 375 g/mol. The number of urea groups is 1. The van der Waals surface area contributed by atoms with Crippen LogP contribution in [0.25, 0.3) is 0 Å². The summed E-state index contributed by atoms with van der Waals surface area (Å²) in [6.07, 6.45) is 0. The van der Waals surface area contributed by atoms with Crippen LogP contribution in [0.1, 0.15) is 54.7 Å².